The summed E-state index contributed by atoms with van der Waals surface area (Å²) in [6.07, 6.45) is 3.98. The van der Waals surface area contributed by atoms with Gasteiger partial charge in [0.25, 0.3) is 0 Å². The average molecular weight is 301 g/mol. The molecule has 0 aliphatic rings. The van der Waals surface area contributed by atoms with Crippen LogP contribution in [-0.2, 0) is 16.0 Å². The number of hydrogen-bond donors (Lipinski definition) is 1. The van der Waals surface area contributed by atoms with Crippen LogP contribution in [0.3, 0.4) is 0 Å². The van der Waals surface area contributed by atoms with Crippen molar-refractivity contribution in [2.75, 3.05) is 0 Å². The summed E-state index contributed by atoms with van der Waals surface area (Å²) in [5.41, 5.74) is 2.24. The van der Waals surface area contributed by atoms with Gasteiger partial charge in [0.05, 0.1) is 6.04 Å². The maximum atomic E-state index is 11.7. The van der Waals surface area contributed by atoms with Crippen LogP contribution in [0.15, 0.2) is 31.4 Å². The van der Waals surface area contributed by atoms with Crippen molar-refractivity contribution >= 4 is 24.5 Å². The van der Waals surface area contributed by atoms with E-state index in [0.29, 0.717) is 12.7 Å². The van der Waals surface area contributed by atoms with Gasteiger partial charge < -0.3 is 14.8 Å². The second kappa shape index (κ2) is 7.59. The van der Waals surface area contributed by atoms with Gasteiger partial charge in [-0.15, -0.1) is 0 Å². The molecule has 0 saturated heterocycles. The van der Waals surface area contributed by atoms with Crippen LogP contribution in [0.5, 0.6) is 0 Å². The Bertz CT molecular complexity index is 570. The van der Waals surface area contributed by atoms with Gasteiger partial charge >= 0.3 is 6.09 Å². The van der Waals surface area contributed by atoms with Crippen LogP contribution in [-0.4, -0.2) is 24.0 Å². The van der Waals surface area contributed by atoms with Crippen LogP contribution in [0, 0.1) is 0 Å². The summed E-state index contributed by atoms with van der Waals surface area (Å²) in [7, 11) is 0. The molecule has 1 aromatic rings. The molecule has 0 aliphatic carbocycles. The highest BCUT2D eigenvalue weighted by atomic mass is 16.6. The molecule has 1 N–H and O–H groups in total. The maximum Gasteiger partial charge on any atom is 0.408 e. The lowest BCUT2D eigenvalue weighted by molar-refractivity contribution is -0.109. The van der Waals surface area contributed by atoms with Crippen LogP contribution >= 0.6 is 0 Å². The summed E-state index contributed by atoms with van der Waals surface area (Å²) in [5.74, 6) is 0. The SMILES string of the molecule is C=Cc1ccc(CC(C=O)NC(=O)OC(C)(C)C)cc1C=C. The predicted octanol–water partition coefficient (Wildman–Crippen LogP) is 3.61. The lowest BCUT2D eigenvalue weighted by Crippen LogP contribution is -2.41. The summed E-state index contributed by atoms with van der Waals surface area (Å²) >= 11 is 0. The normalized spacial score (nSPS) is 12.1. The Morgan fingerprint density at radius 3 is 2.41 bits per heavy atom. The van der Waals surface area contributed by atoms with E-state index in [-0.39, 0.29) is 0 Å². The number of amides is 1. The fourth-order valence-corrected chi connectivity index (χ4v) is 1.96. The zero-order valence-corrected chi connectivity index (χ0v) is 13.4. The predicted molar refractivity (Wildman–Crippen MR) is 89.5 cm³/mol. The fraction of sp³-hybridized carbons (Fsp3) is 0.333. The molecule has 1 aromatic carbocycles. The molecule has 0 bridgehead atoms. The molecular formula is C18H23NO3. The molecule has 0 radical (unpaired) electrons. The van der Waals surface area contributed by atoms with Gasteiger partial charge in [0, 0.05) is 0 Å². The minimum Gasteiger partial charge on any atom is -0.444 e. The average Bonchev–Trinajstić information content (AvgIpc) is 2.44. The number of benzene rings is 1. The van der Waals surface area contributed by atoms with E-state index in [1.54, 1.807) is 32.9 Å². The molecule has 1 amide bonds. The molecule has 0 aliphatic heterocycles. The van der Waals surface area contributed by atoms with Crippen molar-refractivity contribution in [3.63, 3.8) is 0 Å². The summed E-state index contributed by atoms with van der Waals surface area (Å²) in [5, 5.41) is 2.56. The first-order valence-corrected chi connectivity index (χ1v) is 7.11. The number of ether oxygens (including phenoxy) is 1. The van der Waals surface area contributed by atoms with Gasteiger partial charge in [0.2, 0.25) is 0 Å². The third kappa shape index (κ3) is 5.56. The summed E-state index contributed by atoms with van der Waals surface area (Å²) in [6, 6.07) is 5.10. The van der Waals surface area contributed by atoms with E-state index in [1.807, 2.05) is 18.2 Å². The quantitative estimate of drug-likeness (QED) is 0.817. The van der Waals surface area contributed by atoms with Crippen molar-refractivity contribution in [3.8, 4) is 0 Å². The Balaban J connectivity index is 2.78. The molecular weight excluding hydrogens is 278 g/mol. The maximum absolute atomic E-state index is 11.7. The van der Waals surface area contributed by atoms with E-state index >= 15 is 0 Å². The highest BCUT2D eigenvalue weighted by molar-refractivity contribution is 5.74. The van der Waals surface area contributed by atoms with Gasteiger partial charge in [-0.1, -0.05) is 43.5 Å². The summed E-state index contributed by atoms with van der Waals surface area (Å²) < 4.78 is 5.15. The number of aldehydes is 1. The Hall–Kier alpha value is -2.36. The highest BCUT2D eigenvalue weighted by Crippen LogP contribution is 2.16. The zero-order chi connectivity index (χ0) is 16.8. The smallest absolute Gasteiger partial charge is 0.408 e. The first-order valence-electron chi connectivity index (χ1n) is 7.11. The van der Waals surface area contributed by atoms with Gasteiger partial charge in [-0.3, -0.25) is 0 Å². The number of carbonyl (C=O) groups is 2. The van der Waals surface area contributed by atoms with Crippen LogP contribution in [0.1, 0.15) is 37.5 Å². The molecule has 0 spiro atoms. The first kappa shape index (κ1) is 17.7. The Morgan fingerprint density at radius 2 is 1.91 bits per heavy atom. The zero-order valence-electron chi connectivity index (χ0n) is 13.4. The Morgan fingerprint density at radius 1 is 1.27 bits per heavy atom. The molecule has 0 fully saturated rings. The van der Waals surface area contributed by atoms with Crippen LogP contribution in [0.2, 0.25) is 0 Å². The third-order valence-corrected chi connectivity index (χ3v) is 2.91. The molecule has 0 aromatic heterocycles. The van der Waals surface area contributed by atoms with Crippen LogP contribution < -0.4 is 5.32 Å². The standard InChI is InChI=1S/C18H23NO3/c1-6-14-9-8-13(10-15(14)7-2)11-16(12-20)19-17(21)22-18(3,4)5/h6-10,12,16H,1-2,11H2,3-5H3,(H,19,21). The lowest BCUT2D eigenvalue weighted by atomic mass is 10.00. The molecule has 4 nitrogen and oxygen atoms in total. The largest absolute Gasteiger partial charge is 0.444 e. The fourth-order valence-electron chi connectivity index (χ4n) is 1.96. The number of nitrogens with one attached hydrogen (secondary N) is 1. The van der Waals surface area contributed by atoms with Gasteiger partial charge in [0.1, 0.15) is 11.9 Å². The highest BCUT2D eigenvalue weighted by Gasteiger charge is 2.19. The number of rotatable bonds is 6. The molecule has 1 atom stereocenters. The van der Waals surface area contributed by atoms with Crippen molar-refractivity contribution in [3.05, 3.63) is 48.0 Å². The van der Waals surface area contributed by atoms with E-state index in [4.69, 9.17) is 4.74 Å². The van der Waals surface area contributed by atoms with Gasteiger partial charge in [-0.25, -0.2) is 4.79 Å². The first-order chi connectivity index (χ1) is 10.3. The molecule has 4 heteroatoms. The molecule has 1 unspecified atom stereocenters. The van der Waals surface area contributed by atoms with Crippen LogP contribution in [0.4, 0.5) is 4.79 Å². The topological polar surface area (TPSA) is 55.4 Å². The van der Waals surface area contributed by atoms with Crippen molar-refractivity contribution in [1.82, 2.24) is 5.32 Å². The molecule has 1 rings (SSSR count). The second-order valence-electron chi connectivity index (χ2n) is 5.96. The molecule has 0 saturated carbocycles. The third-order valence-electron chi connectivity index (χ3n) is 2.91. The van der Waals surface area contributed by atoms with Crippen molar-refractivity contribution in [2.24, 2.45) is 0 Å². The van der Waals surface area contributed by atoms with Gasteiger partial charge in [-0.2, -0.15) is 0 Å². The van der Waals surface area contributed by atoms with E-state index < -0.39 is 17.7 Å². The Kier molecular flexibility index (Phi) is 6.11. The van der Waals surface area contributed by atoms with Crippen LogP contribution in [0.25, 0.3) is 12.2 Å². The molecule has 0 heterocycles. The van der Waals surface area contributed by atoms with E-state index in [9.17, 15) is 9.59 Å². The number of hydrogen-bond acceptors (Lipinski definition) is 3. The number of alkyl carbamates (subject to hydrolysis) is 1. The monoisotopic (exact) mass is 301 g/mol. The number of carbonyl (C=O) groups excluding carboxylic acids is 2. The summed E-state index contributed by atoms with van der Waals surface area (Å²) in [6.45, 7) is 12.8. The molecule has 22 heavy (non-hydrogen) atoms. The minimum atomic E-state index is -0.637. The van der Waals surface area contributed by atoms with Crippen molar-refractivity contribution < 1.29 is 14.3 Å². The molecule has 118 valence electrons. The second-order valence-corrected chi connectivity index (χ2v) is 5.96. The van der Waals surface area contributed by atoms with E-state index in [0.717, 1.165) is 16.7 Å². The lowest BCUT2D eigenvalue weighted by Gasteiger charge is -2.21. The Labute approximate surface area is 131 Å². The van der Waals surface area contributed by atoms with E-state index in [2.05, 4.69) is 18.5 Å². The summed E-state index contributed by atoms with van der Waals surface area (Å²) in [4.78, 5) is 22.9. The minimum absolute atomic E-state index is 0.390. The van der Waals surface area contributed by atoms with Gasteiger partial charge in [-0.05, 0) is 43.9 Å². The van der Waals surface area contributed by atoms with Gasteiger partial charge in [0.15, 0.2) is 0 Å². The van der Waals surface area contributed by atoms with E-state index in [1.165, 1.54) is 0 Å². The van der Waals surface area contributed by atoms with Crippen molar-refractivity contribution in [2.45, 2.75) is 38.8 Å². The van der Waals surface area contributed by atoms with Crippen molar-refractivity contribution in [1.29, 1.82) is 0 Å².